The van der Waals surface area contributed by atoms with E-state index in [9.17, 15) is 14.0 Å². The first-order valence-electron chi connectivity index (χ1n) is 7.12. The van der Waals surface area contributed by atoms with Crippen molar-refractivity contribution in [2.75, 3.05) is 0 Å². The van der Waals surface area contributed by atoms with Crippen molar-refractivity contribution in [3.63, 3.8) is 0 Å². The Bertz CT molecular complexity index is 514. The van der Waals surface area contributed by atoms with Crippen molar-refractivity contribution in [1.82, 2.24) is 0 Å². The summed E-state index contributed by atoms with van der Waals surface area (Å²) in [6.07, 6.45) is 6.96. The standard InChI is InChI=1S/C16H18BrF2N/c17-13-6-7-14(18)12(15(13)19)10-16(11-20)8-4-2-1-3-5-9-16/h6-7H,1-5,8-10H2. The van der Waals surface area contributed by atoms with Gasteiger partial charge in [0.05, 0.1) is 16.0 Å². The lowest BCUT2D eigenvalue weighted by molar-refractivity contribution is 0.281. The first kappa shape index (κ1) is 15.4. The maximum atomic E-state index is 14.1. The summed E-state index contributed by atoms with van der Waals surface area (Å²) in [5.74, 6) is -1.12. The number of hydrogen-bond acceptors (Lipinski definition) is 1. The molecule has 0 N–H and O–H groups in total. The predicted octanol–water partition coefficient (Wildman–Crippen LogP) is 5.52. The highest BCUT2D eigenvalue weighted by Gasteiger charge is 2.33. The van der Waals surface area contributed by atoms with Crippen molar-refractivity contribution < 1.29 is 8.78 Å². The molecule has 0 amide bonds. The number of halogens is 3. The Morgan fingerprint density at radius 2 is 1.70 bits per heavy atom. The molecule has 0 saturated heterocycles. The van der Waals surface area contributed by atoms with Crippen LogP contribution in [-0.4, -0.2) is 0 Å². The lowest BCUT2D eigenvalue weighted by Crippen LogP contribution is -2.24. The molecular formula is C16H18BrF2N. The van der Waals surface area contributed by atoms with E-state index in [1.54, 1.807) is 0 Å². The molecule has 0 atom stereocenters. The summed E-state index contributed by atoms with van der Waals surface area (Å²) in [5, 5.41) is 9.56. The van der Waals surface area contributed by atoms with Gasteiger partial charge in [0.25, 0.3) is 0 Å². The van der Waals surface area contributed by atoms with Crippen LogP contribution in [0.2, 0.25) is 0 Å². The molecule has 1 aromatic carbocycles. The SMILES string of the molecule is N#CC1(Cc2c(F)ccc(Br)c2F)CCCCCCC1. The molecule has 1 aliphatic carbocycles. The molecule has 0 spiro atoms. The van der Waals surface area contributed by atoms with Crippen LogP contribution in [0, 0.1) is 28.4 Å². The third kappa shape index (κ3) is 3.38. The van der Waals surface area contributed by atoms with E-state index < -0.39 is 17.0 Å². The molecule has 0 aliphatic heterocycles. The summed E-state index contributed by atoms with van der Waals surface area (Å²) >= 11 is 3.09. The van der Waals surface area contributed by atoms with Crippen LogP contribution in [0.25, 0.3) is 0 Å². The Morgan fingerprint density at radius 3 is 2.30 bits per heavy atom. The van der Waals surface area contributed by atoms with E-state index in [1.165, 1.54) is 18.6 Å². The zero-order valence-electron chi connectivity index (χ0n) is 11.4. The summed E-state index contributed by atoms with van der Waals surface area (Å²) in [6.45, 7) is 0. The minimum atomic E-state index is -0.622. The maximum absolute atomic E-state index is 14.1. The summed E-state index contributed by atoms with van der Waals surface area (Å²) < 4.78 is 28.3. The minimum absolute atomic E-state index is 0.0431. The molecule has 4 heteroatoms. The summed E-state index contributed by atoms with van der Waals surface area (Å²) in [4.78, 5) is 0. The first-order chi connectivity index (χ1) is 9.58. The topological polar surface area (TPSA) is 23.8 Å². The second kappa shape index (κ2) is 6.67. The van der Waals surface area contributed by atoms with E-state index in [0.717, 1.165) is 38.5 Å². The number of nitriles is 1. The molecule has 1 nitrogen and oxygen atoms in total. The second-order valence-electron chi connectivity index (χ2n) is 5.66. The molecule has 0 aromatic heterocycles. The molecule has 1 aromatic rings. The Morgan fingerprint density at radius 1 is 1.10 bits per heavy atom. The molecule has 0 unspecified atom stereocenters. The molecular weight excluding hydrogens is 324 g/mol. The van der Waals surface area contributed by atoms with Gasteiger partial charge in [-0.15, -0.1) is 0 Å². The highest BCUT2D eigenvalue weighted by Crippen LogP contribution is 2.38. The van der Waals surface area contributed by atoms with Gasteiger partial charge in [0.15, 0.2) is 0 Å². The average Bonchev–Trinajstić information content (AvgIpc) is 2.42. The largest absolute Gasteiger partial charge is 0.207 e. The third-order valence-electron chi connectivity index (χ3n) is 4.20. The van der Waals surface area contributed by atoms with Crippen LogP contribution in [-0.2, 0) is 6.42 Å². The van der Waals surface area contributed by atoms with Gasteiger partial charge in [-0.2, -0.15) is 5.26 Å². The van der Waals surface area contributed by atoms with Crippen LogP contribution in [0.15, 0.2) is 16.6 Å². The van der Waals surface area contributed by atoms with E-state index in [1.807, 2.05) is 0 Å². The first-order valence-corrected chi connectivity index (χ1v) is 7.91. The Hall–Kier alpha value is -0.950. The van der Waals surface area contributed by atoms with Gasteiger partial charge in [-0.25, -0.2) is 8.78 Å². The van der Waals surface area contributed by atoms with Crippen molar-refractivity contribution in [2.24, 2.45) is 5.41 Å². The lowest BCUT2D eigenvalue weighted by Gasteiger charge is -2.29. The molecule has 0 bridgehead atoms. The monoisotopic (exact) mass is 341 g/mol. The molecule has 108 valence electrons. The van der Waals surface area contributed by atoms with Crippen molar-refractivity contribution in [3.05, 3.63) is 33.8 Å². The zero-order chi connectivity index (χ0) is 14.6. The van der Waals surface area contributed by atoms with Crippen molar-refractivity contribution in [2.45, 2.75) is 51.4 Å². The molecule has 0 radical (unpaired) electrons. The summed E-state index contributed by atoms with van der Waals surface area (Å²) in [5.41, 5.74) is -0.579. The van der Waals surface area contributed by atoms with Crippen LogP contribution < -0.4 is 0 Å². The van der Waals surface area contributed by atoms with Crippen LogP contribution in [0.5, 0.6) is 0 Å². The van der Waals surface area contributed by atoms with Gasteiger partial charge in [0.1, 0.15) is 11.6 Å². The summed E-state index contributed by atoms with van der Waals surface area (Å²) in [6, 6.07) is 4.99. The van der Waals surface area contributed by atoms with E-state index >= 15 is 0 Å². The van der Waals surface area contributed by atoms with E-state index in [4.69, 9.17) is 0 Å². The molecule has 1 aliphatic rings. The van der Waals surface area contributed by atoms with Crippen LogP contribution >= 0.6 is 15.9 Å². The zero-order valence-corrected chi connectivity index (χ0v) is 13.0. The van der Waals surface area contributed by atoms with E-state index in [2.05, 4.69) is 22.0 Å². The Labute approximate surface area is 127 Å². The Kier molecular flexibility index (Phi) is 5.15. The molecule has 0 heterocycles. The van der Waals surface area contributed by atoms with Gasteiger partial charge >= 0.3 is 0 Å². The highest BCUT2D eigenvalue weighted by atomic mass is 79.9. The average molecular weight is 342 g/mol. The lowest BCUT2D eigenvalue weighted by atomic mass is 9.73. The third-order valence-corrected chi connectivity index (χ3v) is 4.81. The van der Waals surface area contributed by atoms with Gasteiger partial charge in [-0.05, 0) is 47.3 Å². The predicted molar refractivity (Wildman–Crippen MR) is 78.1 cm³/mol. The van der Waals surface area contributed by atoms with Gasteiger partial charge in [-0.1, -0.05) is 32.1 Å². The fourth-order valence-electron chi connectivity index (χ4n) is 2.98. The molecule has 1 fully saturated rings. The molecule has 20 heavy (non-hydrogen) atoms. The van der Waals surface area contributed by atoms with Crippen LogP contribution in [0.1, 0.15) is 50.5 Å². The van der Waals surface area contributed by atoms with E-state index in [-0.39, 0.29) is 16.5 Å². The summed E-state index contributed by atoms with van der Waals surface area (Å²) in [7, 11) is 0. The maximum Gasteiger partial charge on any atom is 0.143 e. The van der Waals surface area contributed by atoms with Gasteiger partial charge < -0.3 is 0 Å². The van der Waals surface area contributed by atoms with Crippen molar-refractivity contribution in [1.29, 1.82) is 5.26 Å². The van der Waals surface area contributed by atoms with E-state index in [0.29, 0.717) is 0 Å². The Balaban J connectivity index is 2.29. The van der Waals surface area contributed by atoms with Gasteiger partial charge in [-0.3, -0.25) is 0 Å². The normalized spacial score (nSPS) is 18.9. The minimum Gasteiger partial charge on any atom is -0.207 e. The fraction of sp³-hybridized carbons (Fsp3) is 0.562. The van der Waals surface area contributed by atoms with Gasteiger partial charge in [0.2, 0.25) is 0 Å². The van der Waals surface area contributed by atoms with Crippen LogP contribution in [0.4, 0.5) is 8.78 Å². The molecule has 2 rings (SSSR count). The van der Waals surface area contributed by atoms with Crippen molar-refractivity contribution in [3.8, 4) is 6.07 Å². The molecule has 1 saturated carbocycles. The van der Waals surface area contributed by atoms with Gasteiger partial charge in [0, 0.05) is 5.56 Å². The highest BCUT2D eigenvalue weighted by molar-refractivity contribution is 9.10. The van der Waals surface area contributed by atoms with Crippen molar-refractivity contribution >= 4 is 15.9 Å². The number of rotatable bonds is 2. The fourth-order valence-corrected chi connectivity index (χ4v) is 3.35. The smallest absolute Gasteiger partial charge is 0.143 e. The second-order valence-corrected chi connectivity index (χ2v) is 6.51. The number of nitrogens with zero attached hydrogens (tertiary/aromatic N) is 1. The number of benzene rings is 1. The van der Waals surface area contributed by atoms with Crippen LogP contribution in [0.3, 0.4) is 0 Å². The quantitative estimate of drug-likeness (QED) is 0.649. The number of hydrogen-bond donors (Lipinski definition) is 0.